The van der Waals surface area contributed by atoms with Gasteiger partial charge in [0.1, 0.15) is 0 Å². The highest BCUT2D eigenvalue weighted by molar-refractivity contribution is 6.27. The molecular formula is C22H24N2O3. The van der Waals surface area contributed by atoms with Crippen LogP contribution in [0.4, 0.5) is 5.69 Å². The number of unbranched alkanes of at least 4 members (excludes halogenated alkanes) is 1. The molecule has 0 radical (unpaired) electrons. The summed E-state index contributed by atoms with van der Waals surface area (Å²) in [7, 11) is 0. The van der Waals surface area contributed by atoms with E-state index in [1.54, 1.807) is 18.2 Å². The molecule has 1 N–H and O–H groups in total. The second-order valence-electron chi connectivity index (χ2n) is 7.47. The number of rotatable bonds is 5. The molecule has 2 aliphatic rings. The Balaban J connectivity index is 1.74. The monoisotopic (exact) mass is 364 g/mol. The number of nitrogens with zero attached hydrogens (tertiary/aromatic N) is 1. The van der Waals surface area contributed by atoms with Gasteiger partial charge in [0.25, 0.3) is 11.8 Å². The standard InChI is InChI=1S/C22H24N2O3/c1-2-3-13-24-21(26)16-10-6-9-15-18(12-11-17(19(15)16)22(24)27)23-20(25)14-7-4-5-8-14/h6,9-12,14H,2-5,7-8,13H2,1H3,(H,23,25). The molecule has 0 bridgehead atoms. The van der Waals surface area contributed by atoms with E-state index < -0.39 is 0 Å². The molecule has 3 amide bonds. The number of nitrogens with one attached hydrogen (secondary N) is 1. The van der Waals surface area contributed by atoms with Crippen LogP contribution in [0.25, 0.3) is 10.8 Å². The maximum absolute atomic E-state index is 12.9. The fourth-order valence-corrected chi connectivity index (χ4v) is 4.20. The first-order valence-electron chi connectivity index (χ1n) is 9.84. The van der Waals surface area contributed by atoms with Gasteiger partial charge >= 0.3 is 0 Å². The Labute approximate surface area is 158 Å². The molecule has 0 unspecified atom stereocenters. The summed E-state index contributed by atoms with van der Waals surface area (Å²) in [6.07, 6.45) is 5.75. The Bertz CT molecular complexity index is 906. The Morgan fingerprint density at radius 3 is 2.48 bits per heavy atom. The molecule has 2 aromatic rings. The van der Waals surface area contributed by atoms with Gasteiger partial charge in [-0.3, -0.25) is 19.3 Å². The Kier molecular flexibility index (Phi) is 4.68. The third-order valence-electron chi connectivity index (χ3n) is 5.71. The fourth-order valence-electron chi connectivity index (χ4n) is 4.20. The van der Waals surface area contributed by atoms with Crippen LogP contribution in [0.5, 0.6) is 0 Å². The molecule has 0 atom stereocenters. The second-order valence-corrected chi connectivity index (χ2v) is 7.47. The summed E-state index contributed by atoms with van der Waals surface area (Å²) in [5.74, 6) is -0.397. The third-order valence-corrected chi connectivity index (χ3v) is 5.71. The van der Waals surface area contributed by atoms with Gasteiger partial charge < -0.3 is 5.32 Å². The largest absolute Gasteiger partial charge is 0.325 e. The predicted octanol–water partition coefficient (Wildman–Crippen LogP) is 4.36. The van der Waals surface area contributed by atoms with Crippen molar-refractivity contribution in [2.45, 2.75) is 45.4 Å². The average Bonchev–Trinajstić information content (AvgIpc) is 3.22. The van der Waals surface area contributed by atoms with Crippen molar-refractivity contribution in [3.63, 3.8) is 0 Å². The van der Waals surface area contributed by atoms with Crippen molar-refractivity contribution in [1.82, 2.24) is 4.90 Å². The van der Waals surface area contributed by atoms with Crippen LogP contribution in [0, 0.1) is 5.92 Å². The van der Waals surface area contributed by atoms with E-state index in [2.05, 4.69) is 5.32 Å². The first-order valence-corrected chi connectivity index (χ1v) is 9.84. The maximum atomic E-state index is 12.9. The van der Waals surface area contributed by atoms with Gasteiger partial charge in [0.05, 0.1) is 0 Å². The minimum Gasteiger partial charge on any atom is -0.325 e. The first kappa shape index (κ1) is 17.7. The molecule has 0 aromatic heterocycles. The van der Waals surface area contributed by atoms with Crippen molar-refractivity contribution >= 4 is 34.2 Å². The van der Waals surface area contributed by atoms with Gasteiger partial charge in [-0.25, -0.2) is 0 Å². The number of carbonyl (C=O) groups excluding carboxylic acids is 3. The highest BCUT2D eigenvalue weighted by atomic mass is 16.2. The lowest BCUT2D eigenvalue weighted by Gasteiger charge is -2.27. The molecule has 27 heavy (non-hydrogen) atoms. The van der Waals surface area contributed by atoms with Crippen molar-refractivity contribution in [3.8, 4) is 0 Å². The first-order chi connectivity index (χ1) is 13.1. The van der Waals surface area contributed by atoms with Crippen LogP contribution in [0.15, 0.2) is 30.3 Å². The highest BCUT2D eigenvalue weighted by Crippen LogP contribution is 2.35. The third kappa shape index (κ3) is 3.01. The number of hydrogen-bond donors (Lipinski definition) is 1. The van der Waals surface area contributed by atoms with Gasteiger partial charge in [0, 0.05) is 40.0 Å². The molecule has 140 valence electrons. The summed E-state index contributed by atoms with van der Waals surface area (Å²) in [5, 5.41) is 4.44. The summed E-state index contributed by atoms with van der Waals surface area (Å²) < 4.78 is 0. The molecule has 5 nitrogen and oxygen atoms in total. The van der Waals surface area contributed by atoms with Gasteiger partial charge in [0.2, 0.25) is 5.91 Å². The molecule has 2 aromatic carbocycles. The van der Waals surface area contributed by atoms with E-state index in [4.69, 9.17) is 0 Å². The van der Waals surface area contributed by atoms with Crippen molar-refractivity contribution in [2.24, 2.45) is 5.92 Å². The lowest BCUT2D eigenvalue weighted by atomic mass is 9.92. The number of amides is 3. The second kappa shape index (κ2) is 7.14. The molecule has 1 heterocycles. The normalized spacial score (nSPS) is 17.0. The van der Waals surface area contributed by atoms with Gasteiger partial charge in [-0.2, -0.15) is 0 Å². The van der Waals surface area contributed by atoms with Crippen molar-refractivity contribution in [2.75, 3.05) is 11.9 Å². The van der Waals surface area contributed by atoms with Crippen LogP contribution >= 0.6 is 0 Å². The summed E-state index contributed by atoms with van der Waals surface area (Å²) in [6.45, 7) is 2.47. The zero-order valence-electron chi connectivity index (χ0n) is 15.6. The van der Waals surface area contributed by atoms with Gasteiger partial charge in [-0.1, -0.05) is 38.3 Å². The molecule has 0 spiro atoms. The van der Waals surface area contributed by atoms with Crippen molar-refractivity contribution in [3.05, 3.63) is 41.5 Å². The summed E-state index contributed by atoms with van der Waals surface area (Å²) in [6, 6.07) is 8.99. The minimum atomic E-state index is -0.245. The summed E-state index contributed by atoms with van der Waals surface area (Å²) in [5.41, 5.74) is 1.75. The number of imide groups is 1. The van der Waals surface area contributed by atoms with E-state index in [1.807, 2.05) is 19.1 Å². The lowest BCUT2D eigenvalue weighted by molar-refractivity contribution is -0.119. The number of hydrogen-bond acceptors (Lipinski definition) is 3. The Morgan fingerprint density at radius 2 is 1.78 bits per heavy atom. The predicted molar refractivity (Wildman–Crippen MR) is 105 cm³/mol. The van der Waals surface area contributed by atoms with Gasteiger partial charge in [-0.05, 0) is 37.5 Å². The fraction of sp³-hybridized carbons (Fsp3) is 0.409. The summed E-state index contributed by atoms with van der Waals surface area (Å²) in [4.78, 5) is 39.7. The van der Waals surface area contributed by atoms with Crippen LogP contribution in [-0.4, -0.2) is 29.2 Å². The van der Waals surface area contributed by atoms with E-state index in [-0.39, 0.29) is 23.6 Å². The van der Waals surface area contributed by atoms with Crippen LogP contribution in [-0.2, 0) is 4.79 Å². The number of anilines is 1. The lowest BCUT2D eigenvalue weighted by Crippen LogP contribution is -2.40. The van der Waals surface area contributed by atoms with Gasteiger partial charge in [0.15, 0.2) is 0 Å². The number of carbonyl (C=O) groups is 3. The zero-order valence-corrected chi connectivity index (χ0v) is 15.6. The molecule has 1 fully saturated rings. The molecule has 1 aliphatic heterocycles. The van der Waals surface area contributed by atoms with Crippen molar-refractivity contribution in [1.29, 1.82) is 0 Å². The molecule has 5 heteroatoms. The summed E-state index contributed by atoms with van der Waals surface area (Å²) >= 11 is 0. The minimum absolute atomic E-state index is 0.0336. The van der Waals surface area contributed by atoms with Crippen LogP contribution < -0.4 is 5.32 Å². The molecular weight excluding hydrogens is 340 g/mol. The van der Waals surface area contributed by atoms with Gasteiger partial charge in [-0.15, -0.1) is 0 Å². The van der Waals surface area contributed by atoms with Crippen LogP contribution in [0.3, 0.4) is 0 Å². The molecule has 0 saturated heterocycles. The van der Waals surface area contributed by atoms with Crippen LogP contribution in [0.1, 0.15) is 66.2 Å². The van der Waals surface area contributed by atoms with E-state index in [9.17, 15) is 14.4 Å². The van der Waals surface area contributed by atoms with E-state index >= 15 is 0 Å². The Morgan fingerprint density at radius 1 is 1.07 bits per heavy atom. The quantitative estimate of drug-likeness (QED) is 0.802. The van der Waals surface area contributed by atoms with E-state index in [0.29, 0.717) is 28.7 Å². The van der Waals surface area contributed by atoms with Crippen LogP contribution in [0.2, 0.25) is 0 Å². The smallest absolute Gasteiger partial charge is 0.261 e. The highest BCUT2D eigenvalue weighted by Gasteiger charge is 2.33. The molecule has 4 rings (SSSR count). The average molecular weight is 364 g/mol. The number of benzene rings is 2. The molecule has 1 aliphatic carbocycles. The molecule has 1 saturated carbocycles. The topological polar surface area (TPSA) is 66.5 Å². The Hall–Kier alpha value is -2.69. The zero-order chi connectivity index (χ0) is 19.0. The SMILES string of the molecule is CCCCN1C(=O)c2cccc3c(NC(=O)C4CCCC4)ccc(c23)C1=O. The maximum Gasteiger partial charge on any atom is 0.261 e. The van der Waals surface area contributed by atoms with Crippen molar-refractivity contribution < 1.29 is 14.4 Å². The van der Waals surface area contributed by atoms with E-state index in [1.165, 1.54) is 4.90 Å². The van der Waals surface area contributed by atoms with E-state index in [0.717, 1.165) is 43.9 Å².